The van der Waals surface area contributed by atoms with Crippen LogP contribution in [0.2, 0.25) is 0 Å². The molecule has 2 amide bonds. The molecule has 1 N–H and O–H groups in total. The van der Waals surface area contributed by atoms with Gasteiger partial charge in [0.1, 0.15) is 17.2 Å². The van der Waals surface area contributed by atoms with Gasteiger partial charge in [0.05, 0.1) is 49.4 Å². The molecule has 232 valence electrons. The van der Waals surface area contributed by atoms with Gasteiger partial charge in [-0.15, -0.1) is 0 Å². The van der Waals surface area contributed by atoms with Crippen molar-refractivity contribution in [1.82, 2.24) is 0 Å². The van der Waals surface area contributed by atoms with E-state index in [1.165, 1.54) is 37.3 Å². The summed E-state index contributed by atoms with van der Waals surface area (Å²) in [6.45, 7) is 2.82. The number of ether oxygens (including phenoxy) is 3. The summed E-state index contributed by atoms with van der Waals surface area (Å²) in [5.74, 6) is -3.46. The molecule has 2 heterocycles. The number of imide groups is 1. The third-order valence-electron chi connectivity index (χ3n) is 9.63. The van der Waals surface area contributed by atoms with Gasteiger partial charge in [-0.1, -0.05) is 11.6 Å². The predicted octanol–water partition coefficient (Wildman–Crippen LogP) is 4.21. The van der Waals surface area contributed by atoms with Crippen molar-refractivity contribution in [1.29, 1.82) is 0 Å². The summed E-state index contributed by atoms with van der Waals surface area (Å²) in [7, 11) is 2.90. The van der Waals surface area contributed by atoms with Crippen molar-refractivity contribution in [2.24, 2.45) is 17.8 Å². The second-order valence-electron chi connectivity index (χ2n) is 11.8. The van der Waals surface area contributed by atoms with E-state index in [-0.39, 0.29) is 51.5 Å². The van der Waals surface area contributed by atoms with Gasteiger partial charge in [-0.2, -0.15) is 0 Å². The average Bonchev–Trinajstić information content (AvgIpc) is 3.32. The molecule has 0 bridgehead atoms. The number of halogens is 1. The molecule has 3 aliphatic carbocycles. The highest BCUT2D eigenvalue weighted by Gasteiger charge is 2.57. The fraction of sp³-hybridized carbons (Fsp3) is 0.353. The first-order valence-electron chi connectivity index (χ1n) is 14.9. The zero-order chi connectivity index (χ0) is 31.6. The number of fused-ring (bicyclic) bond motifs is 3. The second-order valence-corrected chi connectivity index (χ2v) is 12.6. The highest BCUT2D eigenvalue weighted by molar-refractivity contribution is 9.12. The van der Waals surface area contributed by atoms with Crippen molar-refractivity contribution in [3.63, 3.8) is 0 Å². The first kappa shape index (κ1) is 29.5. The molecule has 2 saturated heterocycles. The number of methoxy groups -OCH3 is 2. The summed E-state index contributed by atoms with van der Waals surface area (Å²) in [5.41, 5.74) is 3.32. The van der Waals surface area contributed by atoms with E-state index < -0.39 is 23.7 Å². The van der Waals surface area contributed by atoms with Crippen molar-refractivity contribution in [3.8, 4) is 17.2 Å². The molecule has 2 fully saturated rings. The third kappa shape index (κ3) is 4.63. The van der Waals surface area contributed by atoms with Crippen LogP contribution in [0.5, 0.6) is 17.2 Å². The van der Waals surface area contributed by atoms with Crippen LogP contribution in [0, 0.1) is 17.8 Å². The Morgan fingerprint density at radius 2 is 1.56 bits per heavy atom. The van der Waals surface area contributed by atoms with E-state index in [1.54, 1.807) is 12.1 Å². The summed E-state index contributed by atoms with van der Waals surface area (Å²) in [5, 5.41) is 10.4. The lowest BCUT2D eigenvalue weighted by atomic mass is 9.59. The number of hydrogen-bond donors (Lipinski definition) is 1. The maximum Gasteiger partial charge on any atom is 0.238 e. The SMILES string of the molecule is COc1cc(O)cc(OC)c1C1C2=CCC3C(=O)N(c4ccc(N5CCOCC5)cc4)C(=O)C3C2CC2=C1C(=O)C=C(Br)C2=O. The Labute approximate surface area is 268 Å². The minimum atomic E-state index is -0.789. The highest BCUT2D eigenvalue weighted by atomic mass is 79.9. The number of rotatable bonds is 5. The maximum absolute atomic E-state index is 14.3. The molecule has 7 rings (SSSR count). The Kier molecular flexibility index (Phi) is 7.40. The van der Waals surface area contributed by atoms with Crippen molar-refractivity contribution >= 4 is 50.7 Å². The van der Waals surface area contributed by atoms with Crippen LogP contribution >= 0.6 is 15.9 Å². The standard InChI is InChI=1S/C34H31BrN2O8/c1-43-26-13-19(38)14-27(44-2)31(26)30-20-7-8-21-28(22(20)15-23-29(30)25(39)16-24(35)32(23)40)34(42)37(33(21)41)18-5-3-17(4-6-18)36-9-11-45-12-10-36/h3-7,13-14,16,21-22,28,30,38H,8-12,15H2,1-2H3. The van der Waals surface area contributed by atoms with Crippen molar-refractivity contribution in [2.45, 2.75) is 18.8 Å². The summed E-state index contributed by atoms with van der Waals surface area (Å²) in [6.07, 6.45) is 3.64. The van der Waals surface area contributed by atoms with Crippen LogP contribution in [-0.2, 0) is 23.9 Å². The van der Waals surface area contributed by atoms with Crippen LogP contribution in [-0.4, -0.2) is 69.0 Å². The van der Waals surface area contributed by atoms with Crippen LogP contribution in [0.3, 0.4) is 0 Å². The molecular weight excluding hydrogens is 644 g/mol. The molecule has 0 aromatic heterocycles. The fourth-order valence-corrected chi connectivity index (χ4v) is 8.08. The quantitative estimate of drug-likeness (QED) is 0.282. The summed E-state index contributed by atoms with van der Waals surface area (Å²) < 4.78 is 16.9. The number of benzene rings is 2. The van der Waals surface area contributed by atoms with Gasteiger partial charge >= 0.3 is 0 Å². The average molecular weight is 676 g/mol. The molecule has 0 saturated carbocycles. The van der Waals surface area contributed by atoms with Crippen LogP contribution in [0.25, 0.3) is 0 Å². The van der Waals surface area contributed by atoms with E-state index in [1.807, 2.05) is 18.2 Å². The van der Waals surface area contributed by atoms with Gasteiger partial charge in [0.15, 0.2) is 11.6 Å². The zero-order valence-electron chi connectivity index (χ0n) is 24.7. The Balaban J connectivity index is 1.31. The minimum absolute atomic E-state index is 0.0905. The van der Waals surface area contributed by atoms with Gasteiger partial charge in [0.25, 0.3) is 0 Å². The normalized spacial score (nSPS) is 26.3. The number of amides is 2. The van der Waals surface area contributed by atoms with Gasteiger partial charge < -0.3 is 24.2 Å². The Morgan fingerprint density at radius 1 is 0.911 bits per heavy atom. The van der Waals surface area contributed by atoms with Gasteiger partial charge in [0, 0.05) is 59.6 Å². The lowest BCUT2D eigenvalue weighted by Gasteiger charge is -2.42. The summed E-state index contributed by atoms with van der Waals surface area (Å²) in [4.78, 5) is 58.8. The van der Waals surface area contributed by atoms with E-state index in [4.69, 9.17) is 14.2 Å². The Hall–Kier alpha value is -4.22. The topological polar surface area (TPSA) is 123 Å². The van der Waals surface area contributed by atoms with Gasteiger partial charge in [-0.3, -0.25) is 24.1 Å². The van der Waals surface area contributed by atoms with Gasteiger partial charge in [0.2, 0.25) is 11.8 Å². The number of morpholine rings is 1. The number of Topliss-reactive ketones (excluding diaryl/α,β-unsaturated/α-hetero) is 1. The molecule has 0 radical (unpaired) electrons. The molecule has 4 unspecified atom stereocenters. The molecule has 4 atom stereocenters. The number of aromatic hydroxyl groups is 1. The number of carbonyl (C=O) groups is 4. The number of ketones is 2. The van der Waals surface area contributed by atoms with Crippen LogP contribution in [0.15, 0.2) is 69.8 Å². The number of anilines is 2. The van der Waals surface area contributed by atoms with Crippen molar-refractivity contribution in [2.75, 3.05) is 50.3 Å². The molecule has 10 nitrogen and oxygen atoms in total. The molecule has 5 aliphatic rings. The van der Waals surface area contributed by atoms with E-state index >= 15 is 0 Å². The van der Waals surface area contributed by atoms with E-state index in [0.29, 0.717) is 42.0 Å². The largest absolute Gasteiger partial charge is 0.508 e. The first-order valence-corrected chi connectivity index (χ1v) is 15.7. The summed E-state index contributed by atoms with van der Waals surface area (Å²) >= 11 is 3.26. The van der Waals surface area contributed by atoms with Crippen molar-refractivity contribution in [3.05, 3.63) is 75.3 Å². The third-order valence-corrected chi connectivity index (χ3v) is 10.2. The number of allylic oxidation sites excluding steroid dienone is 6. The van der Waals surface area contributed by atoms with Crippen molar-refractivity contribution < 1.29 is 38.5 Å². The van der Waals surface area contributed by atoms with Crippen LogP contribution < -0.4 is 19.3 Å². The number of phenolic OH excluding ortho intramolecular Hbond substituents is 1. The Bertz CT molecular complexity index is 1710. The smallest absolute Gasteiger partial charge is 0.238 e. The molecule has 11 heteroatoms. The van der Waals surface area contributed by atoms with E-state index in [9.17, 15) is 24.3 Å². The summed E-state index contributed by atoms with van der Waals surface area (Å²) in [6, 6.07) is 10.3. The molecule has 0 spiro atoms. The van der Waals surface area contributed by atoms with Crippen LogP contribution in [0.4, 0.5) is 11.4 Å². The van der Waals surface area contributed by atoms with Gasteiger partial charge in [-0.05, 0) is 59.0 Å². The predicted molar refractivity (Wildman–Crippen MR) is 168 cm³/mol. The lowest BCUT2D eigenvalue weighted by molar-refractivity contribution is -0.123. The lowest BCUT2D eigenvalue weighted by Crippen LogP contribution is -2.39. The molecular formula is C34H31BrN2O8. The Morgan fingerprint density at radius 3 is 2.20 bits per heavy atom. The highest BCUT2D eigenvalue weighted by Crippen LogP contribution is 2.58. The number of phenols is 1. The van der Waals surface area contributed by atoms with E-state index in [2.05, 4.69) is 20.8 Å². The first-order chi connectivity index (χ1) is 21.7. The minimum Gasteiger partial charge on any atom is -0.508 e. The molecule has 2 aromatic rings. The van der Waals surface area contributed by atoms with Crippen LogP contribution in [0.1, 0.15) is 24.3 Å². The second kappa shape index (κ2) is 11.3. The fourth-order valence-electron chi connectivity index (χ4n) is 7.64. The molecule has 45 heavy (non-hydrogen) atoms. The molecule has 2 aliphatic heterocycles. The number of carbonyl (C=O) groups excluding carboxylic acids is 4. The zero-order valence-corrected chi connectivity index (χ0v) is 26.3. The van der Waals surface area contributed by atoms with Gasteiger partial charge in [-0.25, -0.2) is 0 Å². The number of nitrogens with zero attached hydrogens (tertiary/aromatic N) is 2. The monoisotopic (exact) mass is 674 g/mol. The maximum atomic E-state index is 14.3. The van der Waals surface area contributed by atoms with E-state index in [0.717, 1.165) is 24.4 Å². The molecule has 2 aromatic carbocycles. The number of hydrogen-bond acceptors (Lipinski definition) is 9.